The average Bonchev–Trinajstić information content (AvgIpc) is 2.88. The van der Waals surface area contributed by atoms with Gasteiger partial charge in [-0.1, -0.05) is 31.0 Å². The first-order valence-electron chi connectivity index (χ1n) is 5.26. The molecule has 0 saturated heterocycles. The molecule has 1 aliphatic heterocycles. The number of hydrogen-bond acceptors (Lipinski definition) is 1. The molecule has 68 valence electrons. The maximum Gasteiger partial charge on any atom is 0.0376 e. The summed E-state index contributed by atoms with van der Waals surface area (Å²) in [5.74, 6) is 1.83. The fraction of sp³-hybridized carbons (Fsp3) is 0.500. The standard InChI is InChI=1S/C12H15N/c1-2-4-12-11(3-1)10(8-13-12)7-9-5-6-9/h1-4,9-10,13H,5-8H2. The average molecular weight is 173 g/mol. The number of hydrogen-bond donors (Lipinski definition) is 1. The van der Waals surface area contributed by atoms with E-state index in [2.05, 4.69) is 29.6 Å². The number of fused-ring (bicyclic) bond motifs is 1. The molecule has 0 amide bonds. The molecule has 0 bridgehead atoms. The monoisotopic (exact) mass is 173 g/mol. The number of anilines is 1. The summed E-state index contributed by atoms with van der Waals surface area (Å²) in [5, 5.41) is 3.48. The third-order valence-corrected chi connectivity index (χ3v) is 3.25. The quantitative estimate of drug-likeness (QED) is 0.725. The van der Waals surface area contributed by atoms with Crippen molar-refractivity contribution >= 4 is 5.69 Å². The van der Waals surface area contributed by atoms with E-state index in [-0.39, 0.29) is 0 Å². The van der Waals surface area contributed by atoms with Crippen LogP contribution in [0.1, 0.15) is 30.7 Å². The van der Waals surface area contributed by atoms with Gasteiger partial charge in [-0.3, -0.25) is 0 Å². The molecule has 0 spiro atoms. The van der Waals surface area contributed by atoms with E-state index in [0.29, 0.717) is 0 Å². The van der Waals surface area contributed by atoms with Crippen LogP contribution < -0.4 is 5.32 Å². The third-order valence-electron chi connectivity index (χ3n) is 3.25. The van der Waals surface area contributed by atoms with Gasteiger partial charge in [-0.15, -0.1) is 0 Å². The van der Waals surface area contributed by atoms with Crippen molar-refractivity contribution in [3.8, 4) is 0 Å². The van der Waals surface area contributed by atoms with Crippen LogP contribution in [0.5, 0.6) is 0 Å². The predicted octanol–water partition coefficient (Wildman–Crippen LogP) is 3.00. The lowest BCUT2D eigenvalue weighted by molar-refractivity contribution is 0.616. The Morgan fingerprint density at radius 3 is 2.92 bits per heavy atom. The molecule has 2 aliphatic rings. The SMILES string of the molecule is c1ccc2c(c1)NCC2CC1CC1. The highest BCUT2D eigenvalue weighted by atomic mass is 14.9. The van der Waals surface area contributed by atoms with Crippen molar-refractivity contribution in [2.45, 2.75) is 25.2 Å². The van der Waals surface area contributed by atoms with Gasteiger partial charge in [-0.25, -0.2) is 0 Å². The smallest absolute Gasteiger partial charge is 0.0376 e. The number of rotatable bonds is 2. The summed E-state index contributed by atoms with van der Waals surface area (Å²) < 4.78 is 0. The minimum atomic E-state index is 0.795. The van der Waals surface area contributed by atoms with Gasteiger partial charge in [0, 0.05) is 18.2 Å². The fourth-order valence-corrected chi connectivity index (χ4v) is 2.32. The van der Waals surface area contributed by atoms with Crippen molar-refractivity contribution in [2.75, 3.05) is 11.9 Å². The number of nitrogens with one attached hydrogen (secondary N) is 1. The van der Waals surface area contributed by atoms with Crippen LogP contribution in [0.4, 0.5) is 5.69 Å². The van der Waals surface area contributed by atoms with Gasteiger partial charge in [0.1, 0.15) is 0 Å². The second-order valence-electron chi connectivity index (χ2n) is 4.34. The maximum absolute atomic E-state index is 3.48. The van der Waals surface area contributed by atoms with Crippen LogP contribution in [0.3, 0.4) is 0 Å². The van der Waals surface area contributed by atoms with Crippen molar-refractivity contribution < 1.29 is 0 Å². The molecular weight excluding hydrogens is 158 g/mol. The first-order valence-corrected chi connectivity index (χ1v) is 5.26. The van der Waals surface area contributed by atoms with E-state index in [9.17, 15) is 0 Å². The Labute approximate surface area is 79.2 Å². The van der Waals surface area contributed by atoms with Gasteiger partial charge in [0.25, 0.3) is 0 Å². The summed E-state index contributed by atoms with van der Waals surface area (Å²) in [4.78, 5) is 0. The second-order valence-corrected chi connectivity index (χ2v) is 4.34. The molecule has 1 aromatic rings. The lowest BCUT2D eigenvalue weighted by atomic mass is 9.96. The van der Waals surface area contributed by atoms with Gasteiger partial charge in [0.2, 0.25) is 0 Å². The zero-order chi connectivity index (χ0) is 8.67. The van der Waals surface area contributed by atoms with E-state index in [0.717, 1.165) is 18.4 Å². The maximum atomic E-state index is 3.48. The predicted molar refractivity (Wildman–Crippen MR) is 55.0 cm³/mol. The molecule has 3 rings (SSSR count). The molecule has 1 heterocycles. The molecule has 1 aromatic carbocycles. The highest BCUT2D eigenvalue weighted by molar-refractivity contribution is 5.57. The molecule has 1 fully saturated rings. The molecule has 0 radical (unpaired) electrons. The highest BCUT2D eigenvalue weighted by Gasteiger charge is 2.29. The van der Waals surface area contributed by atoms with Crippen molar-refractivity contribution in [3.63, 3.8) is 0 Å². The summed E-state index contributed by atoms with van der Waals surface area (Å²) in [7, 11) is 0. The largest absolute Gasteiger partial charge is 0.384 e. The lowest BCUT2D eigenvalue weighted by Crippen LogP contribution is -2.02. The Bertz CT molecular complexity index is 315. The molecule has 1 nitrogen and oxygen atoms in total. The Kier molecular flexibility index (Phi) is 1.58. The van der Waals surface area contributed by atoms with Crippen molar-refractivity contribution in [2.24, 2.45) is 5.92 Å². The lowest BCUT2D eigenvalue weighted by Gasteiger charge is -2.07. The van der Waals surface area contributed by atoms with Crippen LogP contribution in [0.2, 0.25) is 0 Å². The van der Waals surface area contributed by atoms with E-state index in [1.165, 1.54) is 24.9 Å². The Morgan fingerprint density at radius 2 is 2.08 bits per heavy atom. The molecule has 1 saturated carbocycles. The van der Waals surface area contributed by atoms with Crippen molar-refractivity contribution in [1.82, 2.24) is 0 Å². The number of benzene rings is 1. The molecule has 1 heteroatoms. The molecule has 1 N–H and O–H groups in total. The van der Waals surface area contributed by atoms with Crippen LogP contribution >= 0.6 is 0 Å². The number of para-hydroxylation sites is 1. The molecule has 1 unspecified atom stereocenters. The summed E-state index contributed by atoms with van der Waals surface area (Å²) in [6, 6.07) is 8.75. The Hall–Kier alpha value is -0.980. The summed E-state index contributed by atoms with van der Waals surface area (Å²) in [6.07, 6.45) is 4.35. The van der Waals surface area contributed by atoms with Gasteiger partial charge in [0.15, 0.2) is 0 Å². The molecule has 1 aliphatic carbocycles. The van der Waals surface area contributed by atoms with Gasteiger partial charge < -0.3 is 5.32 Å². The van der Waals surface area contributed by atoms with Crippen LogP contribution in [0.15, 0.2) is 24.3 Å². The topological polar surface area (TPSA) is 12.0 Å². The fourth-order valence-electron chi connectivity index (χ4n) is 2.32. The summed E-state index contributed by atoms with van der Waals surface area (Å²) in [6.45, 7) is 1.16. The Morgan fingerprint density at radius 1 is 1.23 bits per heavy atom. The van der Waals surface area contributed by atoms with Crippen LogP contribution in [-0.4, -0.2) is 6.54 Å². The summed E-state index contributed by atoms with van der Waals surface area (Å²) >= 11 is 0. The van der Waals surface area contributed by atoms with Crippen molar-refractivity contribution in [3.05, 3.63) is 29.8 Å². The Balaban J connectivity index is 1.84. The van der Waals surface area contributed by atoms with Crippen LogP contribution in [0.25, 0.3) is 0 Å². The molecule has 1 atom stereocenters. The van der Waals surface area contributed by atoms with Gasteiger partial charge in [-0.05, 0) is 24.0 Å². The minimum Gasteiger partial charge on any atom is -0.384 e. The molecule has 13 heavy (non-hydrogen) atoms. The first-order chi connectivity index (χ1) is 6.43. The van der Waals surface area contributed by atoms with E-state index < -0.39 is 0 Å². The van der Waals surface area contributed by atoms with Gasteiger partial charge in [-0.2, -0.15) is 0 Å². The normalized spacial score (nSPS) is 25.4. The van der Waals surface area contributed by atoms with E-state index in [1.54, 1.807) is 5.56 Å². The first kappa shape index (κ1) is 7.43. The van der Waals surface area contributed by atoms with Gasteiger partial charge >= 0.3 is 0 Å². The van der Waals surface area contributed by atoms with E-state index in [1.807, 2.05) is 0 Å². The second kappa shape index (κ2) is 2.76. The van der Waals surface area contributed by atoms with Crippen LogP contribution in [-0.2, 0) is 0 Å². The molecular formula is C12H15N. The summed E-state index contributed by atoms with van der Waals surface area (Å²) in [5.41, 5.74) is 2.92. The zero-order valence-electron chi connectivity index (χ0n) is 7.79. The highest BCUT2D eigenvalue weighted by Crippen LogP contribution is 2.42. The third kappa shape index (κ3) is 1.32. The minimum absolute atomic E-state index is 0.795. The van der Waals surface area contributed by atoms with E-state index in [4.69, 9.17) is 0 Å². The zero-order valence-corrected chi connectivity index (χ0v) is 7.79. The van der Waals surface area contributed by atoms with Crippen molar-refractivity contribution in [1.29, 1.82) is 0 Å². The van der Waals surface area contributed by atoms with E-state index >= 15 is 0 Å². The van der Waals surface area contributed by atoms with Crippen LogP contribution in [0, 0.1) is 5.92 Å². The molecule has 0 aromatic heterocycles. The van der Waals surface area contributed by atoms with Gasteiger partial charge in [0.05, 0.1) is 0 Å².